The summed E-state index contributed by atoms with van der Waals surface area (Å²) < 4.78 is 10.6. The summed E-state index contributed by atoms with van der Waals surface area (Å²) in [7, 11) is 3.07. The fourth-order valence-corrected chi connectivity index (χ4v) is 1.80. The SMILES string of the molecule is COc1c(C(C)C(=O)O)cc(C)c(C)c1OC. The van der Waals surface area contributed by atoms with Gasteiger partial charge in [-0.1, -0.05) is 6.07 Å². The van der Waals surface area contributed by atoms with Crippen LogP contribution in [0.15, 0.2) is 6.07 Å². The van der Waals surface area contributed by atoms with Gasteiger partial charge in [0, 0.05) is 5.56 Å². The molecule has 17 heavy (non-hydrogen) atoms. The minimum Gasteiger partial charge on any atom is -0.493 e. The van der Waals surface area contributed by atoms with Crippen molar-refractivity contribution >= 4 is 5.97 Å². The van der Waals surface area contributed by atoms with Crippen LogP contribution in [0.3, 0.4) is 0 Å². The predicted octanol–water partition coefficient (Wildman–Crippen LogP) is 2.51. The molecule has 1 N–H and O–H groups in total. The van der Waals surface area contributed by atoms with E-state index in [2.05, 4.69) is 0 Å². The maximum absolute atomic E-state index is 11.1. The summed E-state index contributed by atoms with van der Waals surface area (Å²) in [6.07, 6.45) is 0. The molecule has 0 bridgehead atoms. The van der Waals surface area contributed by atoms with Crippen LogP contribution >= 0.6 is 0 Å². The molecule has 0 aliphatic carbocycles. The number of rotatable bonds is 4. The summed E-state index contributed by atoms with van der Waals surface area (Å²) in [5.74, 6) is -0.396. The van der Waals surface area contributed by atoms with Crippen molar-refractivity contribution < 1.29 is 19.4 Å². The van der Waals surface area contributed by atoms with Crippen LogP contribution < -0.4 is 9.47 Å². The maximum Gasteiger partial charge on any atom is 0.310 e. The molecule has 4 nitrogen and oxygen atoms in total. The quantitative estimate of drug-likeness (QED) is 0.875. The normalized spacial score (nSPS) is 12.1. The Kier molecular flexibility index (Phi) is 3.99. The molecule has 0 saturated carbocycles. The molecule has 1 aromatic carbocycles. The Labute approximate surface area is 101 Å². The number of carboxylic acid groups (broad SMARTS) is 1. The zero-order valence-corrected chi connectivity index (χ0v) is 10.8. The van der Waals surface area contributed by atoms with Crippen molar-refractivity contribution in [2.45, 2.75) is 26.7 Å². The standard InChI is InChI=1S/C13H18O4/c1-7-6-10(9(3)13(14)15)12(17-5)11(16-4)8(7)2/h6,9H,1-5H3,(H,14,15). The van der Waals surface area contributed by atoms with Gasteiger partial charge in [-0.05, 0) is 31.9 Å². The molecule has 1 aromatic rings. The van der Waals surface area contributed by atoms with Gasteiger partial charge in [0.25, 0.3) is 0 Å². The van der Waals surface area contributed by atoms with E-state index in [1.165, 1.54) is 7.11 Å². The number of aryl methyl sites for hydroxylation is 1. The highest BCUT2D eigenvalue weighted by Gasteiger charge is 2.23. The molecule has 1 atom stereocenters. The maximum atomic E-state index is 11.1. The van der Waals surface area contributed by atoms with Gasteiger partial charge in [0.15, 0.2) is 11.5 Å². The van der Waals surface area contributed by atoms with Crippen molar-refractivity contribution in [3.63, 3.8) is 0 Å². The number of benzene rings is 1. The second kappa shape index (κ2) is 5.08. The summed E-state index contributed by atoms with van der Waals surface area (Å²) >= 11 is 0. The zero-order chi connectivity index (χ0) is 13.2. The second-order valence-corrected chi connectivity index (χ2v) is 4.03. The Morgan fingerprint density at radius 1 is 1.24 bits per heavy atom. The minimum absolute atomic E-state index is 0.505. The number of ether oxygens (including phenoxy) is 2. The summed E-state index contributed by atoms with van der Waals surface area (Å²) in [4.78, 5) is 11.1. The summed E-state index contributed by atoms with van der Waals surface area (Å²) in [6.45, 7) is 5.48. The van der Waals surface area contributed by atoms with E-state index < -0.39 is 11.9 Å². The van der Waals surface area contributed by atoms with E-state index in [0.29, 0.717) is 17.1 Å². The molecule has 0 aromatic heterocycles. The van der Waals surface area contributed by atoms with Gasteiger partial charge >= 0.3 is 5.97 Å². The number of carbonyl (C=O) groups is 1. The molecular weight excluding hydrogens is 220 g/mol. The van der Waals surface area contributed by atoms with Gasteiger partial charge in [0.2, 0.25) is 0 Å². The van der Waals surface area contributed by atoms with E-state index in [0.717, 1.165) is 11.1 Å². The van der Waals surface area contributed by atoms with Gasteiger partial charge in [-0.15, -0.1) is 0 Å². The van der Waals surface area contributed by atoms with Crippen LogP contribution in [-0.2, 0) is 4.79 Å². The highest BCUT2D eigenvalue weighted by molar-refractivity contribution is 5.78. The van der Waals surface area contributed by atoms with Crippen molar-refractivity contribution in [1.82, 2.24) is 0 Å². The van der Waals surface area contributed by atoms with E-state index in [1.807, 2.05) is 19.9 Å². The van der Waals surface area contributed by atoms with E-state index in [-0.39, 0.29) is 0 Å². The van der Waals surface area contributed by atoms with Crippen LogP contribution in [0.25, 0.3) is 0 Å². The molecule has 4 heteroatoms. The first kappa shape index (κ1) is 13.4. The van der Waals surface area contributed by atoms with Crippen LogP contribution in [0.5, 0.6) is 11.5 Å². The lowest BCUT2D eigenvalue weighted by molar-refractivity contribution is -0.138. The van der Waals surface area contributed by atoms with Gasteiger partial charge < -0.3 is 14.6 Å². The minimum atomic E-state index is -0.881. The van der Waals surface area contributed by atoms with Crippen molar-refractivity contribution in [3.05, 3.63) is 22.8 Å². The van der Waals surface area contributed by atoms with Crippen LogP contribution in [0, 0.1) is 13.8 Å². The number of methoxy groups -OCH3 is 2. The monoisotopic (exact) mass is 238 g/mol. The van der Waals surface area contributed by atoms with Crippen LogP contribution in [0.2, 0.25) is 0 Å². The van der Waals surface area contributed by atoms with Crippen molar-refractivity contribution in [1.29, 1.82) is 0 Å². The summed E-state index contributed by atoms with van der Waals surface area (Å²) in [5.41, 5.74) is 2.59. The first-order valence-electron chi connectivity index (χ1n) is 5.38. The summed E-state index contributed by atoms with van der Waals surface area (Å²) in [5, 5.41) is 9.08. The predicted molar refractivity (Wildman–Crippen MR) is 65.1 cm³/mol. The lowest BCUT2D eigenvalue weighted by Crippen LogP contribution is -2.10. The molecule has 0 spiro atoms. The Balaban J connectivity index is 3.49. The van der Waals surface area contributed by atoms with E-state index in [9.17, 15) is 4.79 Å². The smallest absolute Gasteiger partial charge is 0.310 e. The average molecular weight is 238 g/mol. The van der Waals surface area contributed by atoms with Gasteiger partial charge in [-0.25, -0.2) is 0 Å². The molecule has 94 valence electrons. The molecule has 0 fully saturated rings. The van der Waals surface area contributed by atoms with Crippen LogP contribution in [0.1, 0.15) is 29.5 Å². The van der Waals surface area contributed by atoms with Gasteiger partial charge in [-0.3, -0.25) is 4.79 Å². The summed E-state index contributed by atoms with van der Waals surface area (Å²) in [6, 6.07) is 1.84. The van der Waals surface area contributed by atoms with Crippen LogP contribution in [0.4, 0.5) is 0 Å². The highest BCUT2D eigenvalue weighted by atomic mass is 16.5. The van der Waals surface area contributed by atoms with E-state index in [4.69, 9.17) is 14.6 Å². The highest BCUT2D eigenvalue weighted by Crippen LogP contribution is 2.39. The van der Waals surface area contributed by atoms with E-state index >= 15 is 0 Å². The first-order valence-corrected chi connectivity index (χ1v) is 5.38. The second-order valence-electron chi connectivity index (χ2n) is 4.03. The first-order chi connectivity index (χ1) is 7.93. The van der Waals surface area contributed by atoms with Gasteiger partial charge in [-0.2, -0.15) is 0 Å². The average Bonchev–Trinajstić information content (AvgIpc) is 2.30. The molecule has 0 aliphatic rings. The Hall–Kier alpha value is -1.71. The lowest BCUT2D eigenvalue weighted by atomic mass is 9.95. The largest absolute Gasteiger partial charge is 0.493 e. The number of aliphatic carboxylic acids is 1. The molecule has 0 aliphatic heterocycles. The number of hydrogen-bond acceptors (Lipinski definition) is 3. The molecule has 0 saturated heterocycles. The lowest BCUT2D eigenvalue weighted by Gasteiger charge is -2.19. The molecule has 0 amide bonds. The zero-order valence-electron chi connectivity index (χ0n) is 10.8. The van der Waals surface area contributed by atoms with Crippen molar-refractivity contribution in [3.8, 4) is 11.5 Å². The fraction of sp³-hybridized carbons (Fsp3) is 0.462. The Morgan fingerprint density at radius 2 is 1.76 bits per heavy atom. The van der Waals surface area contributed by atoms with Crippen LogP contribution in [-0.4, -0.2) is 25.3 Å². The molecular formula is C13H18O4. The van der Waals surface area contributed by atoms with Gasteiger partial charge in [0.1, 0.15) is 0 Å². The number of carboxylic acids is 1. The molecule has 0 heterocycles. The fourth-order valence-electron chi connectivity index (χ4n) is 1.80. The van der Waals surface area contributed by atoms with Crippen molar-refractivity contribution in [2.75, 3.05) is 14.2 Å². The third-order valence-corrected chi connectivity index (χ3v) is 3.02. The van der Waals surface area contributed by atoms with Gasteiger partial charge in [0.05, 0.1) is 20.1 Å². The topological polar surface area (TPSA) is 55.8 Å². The third-order valence-electron chi connectivity index (χ3n) is 3.02. The molecule has 1 unspecified atom stereocenters. The Bertz CT molecular complexity index is 438. The Morgan fingerprint density at radius 3 is 2.18 bits per heavy atom. The molecule has 0 radical (unpaired) electrons. The third kappa shape index (κ3) is 2.35. The van der Waals surface area contributed by atoms with Crippen molar-refractivity contribution in [2.24, 2.45) is 0 Å². The van der Waals surface area contributed by atoms with E-state index in [1.54, 1.807) is 14.0 Å². The molecule has 1 rings (SSSR count). The number of hydrogen-bond donors (Lipinski definition) is 1.